The van der Waals surface area contributed by atoms with Crippen molar-refractivity contribution >= 4 is 11.0 Å². The molecular weight excluding hydrogens is 222 g/mol. The Morgan fingerprint density at radius 2 is 2.00 bits per heavy atom. The van der Waals surface area contributed by atoms with Gasteiger partial charge < -0.3 is 10.3 Å². The van der Waals surface area contributed by atoms with E-state index < -0.39 is 0 Å². The van der Waals surface area contributed by atoms with Crippen LogP contribution in [0.5, 0.6) is 0 Å². The second-order valence-electron chi connectivity index (χ2n) is 5.98. The van der Waals surface area contributed by atoms with Crippen molar-refractivity contribution < 1.29 is 0 Å². The molecule has 2 fully saturated rings. The molecule has 94 valence electrons. The zero-order valence-electron chi connectivity index (χ0n) is 10.8. The molecule has 2 saturated carbocycles. The first-order valence-corrected chi connectivity index (χ1v) is 6.94. The van der Waals surface area contributed by atoms with Crippen molar-refractivity contribution in [3.05, 3.63) is 29.6 Å². The first-order chi connectivity index (χ1) is 8.72. The molecule has 1 aromatic carbocycles. The summed E-state index contributed by atoms with van der Waals surface area (Å²) in [7, 11) is 2.14. The molecule has 18 heavy (non-hydrogen) atoms. The maximum Gasteiger partial charge on any atom is 0.112 e. The van der Waals surface area contributed by atoms with Crippen LogP contribution in [0.4, 0.5) is 0 Å². The van der Waals surface area contributed by atoms with Gasteiger partial charge in [0.1, 0.15) is 5.82 Å². The van der Waals surface area contributed by atoms with Gasteiger partial charge in [0, 0.05) is 19.0 Å². The summed E-state index contributed by atoms with van der Waals surface area (Å²) >= 11 is 0. The average molecular weight is 241 g/mol. The maximum atomic E-state index is 5.88. The summed E-state index contributed by atoms with van der Waals surface area (Å²) in [6.07, 6.45) is 4.88. The number of hydrogen-bond donors (Lipinski definition) is 1. The monoisotopic (exact) mass is 241 g/mol. The molecule has 4 rings (SSSR count). The number of aryl methyl sites for hydroxylation is 1. The van der Waals surface area contributed by atoms with E-state index >= 15 is 0 Å². The largest absolute Gasteiger partial charge is 0.331 e. The number of nitrogens with zero attached hydrogens (tertiary/aromatic N) is 2. The van der Waals surface area contributed by atoms with Gasteiger partial charge in [-0.05, 0) is 49.3 Å². The molecule has 0 atom stereocenters. The van der Waals surface area contributed by atoms with Gasteiger partial charge >= 0.3 is 0 Å². The number of rotatable bonds is 2. The summed E-state index contributed by atoms with van der Waals surface area (Å²) in [5.74, 6) is 2.64. The van der Waals surface area contributed by atoms with Crippen molar-refractivity contribution in [2.75, 3.05) is 0 Å². The lowest BCUT2D eigenvalue weighted by molar-refractivity contribution is 0.352. The van der Waals surface area contributed by atoms with E-state index in [9.17, 15) is 0 Å². The molecule has 3 nitrogen and oxygen atoms in total. The number of fused-ring (bicyclic) bond motifs is 1. The Hall–Kier alpha value is -1.35. The fourth-order valence-corrected chi connectivity index (χ4v) is 3.13. The minimum atomic E-state index is 0.413. The zero-order chi connectivity index (χ0) is 12.3. The zero-order valence-corrected chi connectivity index (χ0v) is 10.8. The normalized spacial score (nSPS) is 27.4. The van der Waals surface area contributed by atoms with Crippen molar-refractivity contribution in [1.29, 1.82) is 0 Å². The second-order valence-corrected chi connectivity index (χ2v) is 5.98. The lowest BCUT2D eigenvalue weighted by Gasteiger charge is -2.32. The molecule has 0 amide bonds. The van der Waals surface area contributed by atoms with Crippen LogP contribution in [0.3, 0.4) is 0 Å². The molecule has 3 heteroatoms. The van der Waals surface area contributed by atoms with Gasteiger partial charge in [-0.25, -0.2) is 4.98 Å². The molecule has 2 N–H and O–H groups in total. The Balaban J connectivity index is 1.75. The molecule has 0 spiro atoms. The fraction of sp³-hybridized carbons (Fsp3) is 0.533. The van der Waals surface area contributed by atoms with Crippen molar-refractivity contribution in [1.82, 2.24) is 9.55 Å². The Kier molecular flexibility index (Phi) is 2.10. The van der Waals surface area contributed by atoms with Crippen LogP contribution in [-0.2, 0) is 7.05 Å². The van der Waals surface area contributed by atoms with Crippen LogP contribution < -0.4 is 5.73 Å². The smallest absolute Gasteiger partial charge is 0.112 e. The minimum absolute atomic E-state index is 0.413. The van der Waals surface area contributed by atoms with Crippen LogP contribution in [0.2, 0.25) is 0 Å². The van der Waals surface area contributed by atoms with E-state index in [-0.39, 0.29) is 0 Å². The lowest BCUT2D eigenvalue weighted by Crippen LogP contribution is -2.34. The molecule has 0 unspecified atom stereocenters. The van der Waals surface area contributed by atoms with Gasteiger partial charge in [-0.3, -0.25) is 0 Å². The van der Waals surface area contributed by atoms with Crippen LogP contribution in [0.1, 0.15) is 48.9 Å². The SMILES string of the molecule is Cn1c(C2CC2)nc2cc(C3CC(N)C3)ccc21. The van der Waals surface area contributed by atoms with E-state index in [0.29, 0.717) is 17.9 Å². The Labute approximate surface area is 107 Å². The van der Waals surface area contributed by atoms with Gasteiger partial charge in [0.2, 0.25) is 0 Å². The Morgan fingerprint density at radius 3 is 2.67 bits per heavy atom. The Morgan fingerprint density at radius 1 is 1.22 bits per heavy atom. The van der Waals surface area contributed by atoms with Gasteiger partial charge in [-0.1, -0.05) is 6.07 Å². The van der Waals surface area contributed by atoms with Gasteiger partial charge in [-0.15, -0.1) is 0 Å². The fourth-order valence-electron chi connectivity index (χ4n) is 3.13. The van der Waals surface area contributed by atoms with Crippen LogP contribution in [0, 0.1) is 0 Å². The standard InChI is InChI=1S/C15H19N3/c1-18-14-5-4-10(11-6-12(16)7-11)8-13(14)17-15(18)9-2-3-9/h4-5,8-9,11-12H,2-3,6-7,16H2,1H3. The lowest BCUT2D eigenvalue weighted by atomic mass is 9.76. The van der Waals surface area contributed by atoms with E-state index in [4.69, 9.17) is 10.7 Å². The van der Waals surface area contributed by atoms with Gasteiger partial charge in [-0.2, -0.15) is 0 Å². The van der Waals surface area contributed by atoms with Gasteiger partial charge in [0.25, 0.3) is 0 Å². The van der Waals surface area contributed by atoms with Crippen LogP contribution in [0.25, 0.3) is 11.0 Å². The number of benzene rings is 1. The van der Waals surface area contributed by atoms with E-state index in [1.54, 1.807) is 0 Å². The molecule has 2 aromatic rings. The number of imidazole rings is 1. The summed E-state index contributed by atoms with van der Waals surface area (Å²) in [6.45, 7) is 0. The molecule has 1 aromatic heterocycles. The summed E-state index contributed by atoms with van der Waals surface area (Å²) in [4.78, 5) is 4.83. The highest BCUT2D eigenvalue weighted by Gasteiger charge is 2.30. The topological polar surface area (TPSA) is 43.8 Å². The number of aromatic nitrogens is 2. The van der Waals surface area contributed by atoms with Crippen molar-refractivity contribution in [2.45, 2.75) is 43.6 Å². The average Bonchev–Trinajstić information content (AvgIpc) is 3.11. The van der Waals surface area contributed by atoms with E-state index in [0.717, 1.165) is 18.4 Å². The predicted molar refractivity (Wildman–Crippen MR) is 72.6 cm³/mol. The molecule has 0 radical (unpaired) electrons. The summed E-state index contributed by atoms with van der Waals surface area (Å²) < 4.78 is 2.27. The molecule has 0 bridgehead atoms. The predicted octanol–water partition coefficient (Wildman–Crippen LogP) is 2.66. The molecule has 2 aliphatic rings. The molecule has 2 aliphatic carbocycles. The quantitative estimate of drug-likeness (QED) is 0.878. The van der Waals surface area contributed by atoms with Crippen LogP contribution >= 0.6 is 0 Å². The highest BCUT2D eigenvalue weighted by atomic mass is 15.1. The minimum Gasteiger partial charge on any atom is -0.331 e. The third-order valence-electron chi connectivity index (χ3n) is 4.53. The molecule has 1 heterocycles. The van der Waals surface area contributed by atoms with Crippen molar-refractivity contribution in [3.8, 4) is 0 Å². The summed E-state index contributed by atoms with van der Waals surface area (Å²) in [5.41, 5.74) is 9.73. The second kappa shape index (κ2) is 3.58. The third-order valence-corrected chi connectivity index (χ3v) is 4.53. The van der Waals surface area contributed by atoms with Crippen LogP contribution in [0.15, 0.2) is 18.2 Å². The van der Waals surface area contributed by atoms with Gasteiger partial charge in [0.05, 0.1) is 11.0 Å². The van der Waals surface area contributed by atoms with Crippen molar-refractivity contribution in [3.63, 3.8) is 0 Å². The van der Waals surface area contributed by atoms with E-state index in [2.05, 4.69) is 29.8 Å². The highest BCUT2D eigenvalue weighted by molar-refractivity contribution is 5.77. The first-order valence-electron chi connectivity index (χ1n) is 6.94. The maximum absolute atomic E-state index is 5.88. The number of nitrogens with two attached hydrogens (primary N) is 1. The summed E-state index contributed by atoms with van der Waals surface area (Å²) in [6, 6.07) is 7.18. The molecular formula is C15H19N3. The highest BCUT2D eigenvalue weighted by Crippen LogP contribution is 2.41. The number of hydrogen-bond acceptors (Lipinski definition) is 2. The third kappa shape index (κ3) is 1.50. The Bertz CT molecular complexity index is 603. The summed E-state index contributed by atoms with van der Waals surface area (Å²) in [5, 5.41) is 0. The molecule has 0 saturated heterocycles. The van der Waals surface area contributed by atoms with Crippen molar-refractivity contribution in [2.24, 2.45) is 12.8 Å². The van der Waals surface area contributed by atoms with Gasteiger partial charge in [0.15, 0.2) is 0 Å². The first kappa shape index (κ1) is 10.6. The van der Waals surface area contributed by atoms with Crippen LogP contribution in [-0.4, -0.2) is 15.6 Å². The van der Waals surface area contributed by atoms with E-state index in [1.165, 1.54) is 29.7 Å². The molecule has 0 aliphatic heterocycles. The van der Waals surface area contributed by atoms with E-state index in [1.807, 2.05) is 0 Å².